The van der Waals surface area contributed by atoms with Crippen molar-refractivity contribution in [2.45, 2.75) is 0 Å². The third-order valence-corrected chi connectivity index (χ3v) is 6.69. The number of hydrogen-bond donors (Lipinski definition) is 1. The summed E-state index contributed by atoms with van der Waals surface area (Å²) >= 11 is 15.4. The molecule has 1 N–H and O–H groups in total. The van der Waals surface area contributed by atoms with Gasteiger partial charge in [0.15, 0.2) is 18.1 Å². The van der Waals surface area contributed by atoms with Crippen LogP contribution >= 0.6 is 39.1 Å². The normalized spacial score (nSPS) is 10.9. The minimum absolute atomic E-state index is 0.203. The molecule has 188 valence electrons. The molecule has 4 aromatic rings. The van der Waals surface area contributed by atoms with E-state index < -0.39 is 11.9 Å². The van der Waals surface area contributed by atoms with Gasteiger partial charge in [0.1, 0.15) is 5.75 Å². The molecule has 10 heteroatoms. The molecule has 0 saturated carbocycles. The van der Waals surface area contributed by atoms with E-state index in [4.69, 9.17) is 37.4 Å². The predicted molar refractivity (Wildman–Crippen MR) is 147 cm³/mol. The third-order valence-electron chi connectivity index (χ3n) is 5.14. The Kier molecular flexibility index (Phi) is 8.66. The molecule has 0 spiro atoms. The summed E-state index contributed by atoms with van der Waals surface area (Å²) in [5.74, 6) is -0.00471. The molecule has 0 bridgehead atoms. The highest BCUT2D eigenvalue weighted by atomic mass is 79.9. The number of halogens is 3. The summed E-state index contributed by atoms with van der Waals surface area (Å²) in [4.78, 5) is 24.7. The number of nitrogens with one attached hydrogen (secondary N) is 1. The van der Waals surface area contributed by atoms with Gasteiger partial charge in [0.25, 0.3) is 5.91 Å². The lowest BCUT2D eigenvalue weighted by molar-refractivity contribution is -0.123. The summed E-state index contributed by atoms with van der Waals surface area (Å²) in [5.41, 5.74) is 3.25. The molecule has 0 unspecified atom stereocenters. The smallest absolute Gasteiger partial charge is 0.343 e. The first-order chi connectivity index (χ1) is 17.9. The van der Waals surface area contributed by atoms with E-state index in [0.717, 1.165) is 15.2 Å². The van der Waals surface area contributed by atoms with Gasteiger partial charge in [-0.2, -0.15) is 5.10 Å². The van der Waals surface area contributed by atoms with Crippen molar-refractivity contribution in [3.8, 4) is 17.2 Å². The van der Waals surface area contributed by atoms with Gasteiger partial charge >= 0.3 is 5.97 Å². The molecule has 0 aliphatic rings. The van der Waals surface area contributed by atoms with Crippen LogP contribution < -0.4 is 19.6 Å². The summed E-state index contributed by atoms with van der Waals surface area (Å²) in [6, 6.07) is 20.8. The van der Waals surface area contributed by atoms with Crippen LogP contribution in [-0.2, 0) is 4.79 Å². The summed E-state index contributed by atoms with van der Waals surface area (Å²) in [6.07, 6.45) is 1.43. The molecule has 0 saturated heterocycles. The van der Waals surface area contributed by atoms with Crippen LogP contribution in [0.4, 0.5) is 0 Å². The number of amides is 1. The minimum Gasteiger partial charge on any atom is -0.493 e. The quantitative estimate of drug-likeness (QED) is 0.106. The second-order valence-electron chi connectivity index (χ2n) is 7.61. The number of methoxy groups -OCH3 is 1. The summed E-state index contributed by atoms with van der Waals surface area (Å²) in [6.45, 7) is -0.221. The van der Waals surface area contributed by atoms with Gasteiger partial charge in [-0.25, -0.2) is 10.2 Å². The van der Waals surface area contributed by atoms with E-state index in [0.29, 0.717) is 22.1 Å². The molecular formula is C27H19BrCl2N2O5. The van der Waals surface area contributed by atoms with E-state index in [-0.39, 0.29) is 22.9 Å². The fourth-order valence-corrected chi connectivity index (χ4v) is 4.22. The van der Waals surface area contributed by atoms with Gasteiger partial charge < -0.3 is 14.2 Å². The van der Waals surface area contributed by atoms with Crippen molar-refractivity contribution in [3.05, 3.63) is 98.4 Å². The molecule has 0 aliphatic heterocycles. The molecule has 7 nitrogen and oxygen atoms in total. The van der Waals surface area contributed by atoms with Crippen LogP contribution in [0.2, 0.25) is 10.0 Å². The van der Waals surface area contributed by atoms with Gasteiger partial charge in [0.05, 0.1) is 33.4 Å². The summed E-state index contributed by atoms with van der Waals surface area (Å²) < 4.78 is 17.2. The van der Waals surface area contributed by atoms with Gasteiger partial charge in [-0.05, 0) is 74.7 Å². The van der Waals surface area contributed by atoms with Crippen molar-refractivity contribution >= 4 is 68.0 Å². The van der Waals surface area contributed by atoms with Gasteiger partial charge in [0.2, 0.25) is 0 Å². The number of ether oxygens (including phenoxy) is 3. The van der Waals surface area contributed by atoms with Gasteiger partial charge in [0, 0.05) is 0 Å². The average molecular weight is 602 g/mol. The maximum absolute atomic E-state index is 12.5. The van der Waals surface area contributed by atoms with Crippen LogP contribution in [0.3, 0.4) is 0 Å². The highest BCUT2D eigenvalue weighted by Crippen LogP contribution is 2.33. The van der Waals surface area contributed by atoms with Crippen molar-refractivity contribution in [2.75, 3.05) is 13.7 Å². The Balaban J connectivity index is 1.34. The maximum atomic E-state index is 12.5. The monoisotopic (exact) mass is 600 g/mol. The van der Waals surface area contributed by atoms with Crippen molar-refractivity contribution in [1.82, 2.24) is 5.43 Å². The van der Waals surface area contributed by atoms with E-state index in [1.807, 2.05) is 30.3 Å². The summed E-state index contributed by atoms with van der Waals surface area (Å²) in [7, 11) is 1.44. The number of fused-ring (bicyclic) bond motifs is 1. The largest absolute Gasteiger partial charge is 0.493 e. The number of benzene rings is 4. The molecule has 0 aromatic heterocycles. The van der Waals surface area contributed by atoms with Crippen molar-refractivity contribution in [2.24, 2.45) is 5.10 Å². The first-order valence-electron chi connectivity index (χ1n) is 10.8. The van der Waals surface area contributed by atoms with Crippen molar-refractivity contribution in [1.29, 1.82) is 0 Å². The standard InChI is InChI=1S/C27H19BrCl2N2O5/c1-35-24-12-16(6-10-22(24)37-27(34)18-7-9-20(29)21(30)13-18)14-31-32-25(33)15-36-23-11-8-17-4-2-3-5-19(17)26(23)28/h2-14H,15H2,1H3,(H,32,33)/b31-14+. The Hall–Kier alpha value is -3.59. The fraction of sp³-hybridized carbons (Fsp3) is 0.0741. The van der Waals surface area contributed by atoms with E-state index in [9.17, 15) is 9.59 Å². The molecule has 4 rings (SSSR count). The Labute approximate surface area is 231 Å². The highest BCUT2D eigenvalue weighted by Gasteiger charge is 2.14. The molecular weight excluding hydrogens is 583 g/mol. The Morgan fingerprint density at radius 1 is 0.946 bits per heavy atom. The number of nitrogens with zero attached hydrogens (tertiary/aromatic N) is 1. The van der Waals surface area contributed by atoms with Gasteiger partial charge in [-0.1, -0.05) is 53.5 Å². The van der Waals surface area contributed by atoms with Crippen LogP contribution in [0.1, 0.15) is 15.9 Å². The zero-order valence-electron chi connectivity index (χ0n) is 19.3. The van der Waals surface area contributed by atoms with Crippen molar-refractivity contribution in [3.63, 3.8) is 0 Å². The Morgan fingerprint density at radius 2 is 1.73 bits per heavy atom. The van der Waals surface area contributed by atoms with E-state index >= 15 is 0 Å². The zero-order valence-corrected chi connectivity index (χ0v) is 22.4. The van der Waals surface area contributed by atoms with Crippen LogP contribution in [-0.4, -0.2) is 31.8 Å². The maximum Gasteiger partial charge on any atom is 0.343 e. The molecule has 0 heterocycles. The second kappa shape index (κ2) is 12.1. The summed E-state index contributed by atoms with van der Waals surface area (Å²) in [5, 5.41) is 6.57. The van der Waals surface area contributed by atoms with Gasteiger partial charge in [-0.15, -0.1) is 0 Å². The Bertz CT molecular complexity index is 1510. The highest BCUT2D eigenvalue weighted by molar-refractivity contribution is 9.10. The minimum atomic E-state index is -0.622. The lowest BCUT2D eigenvalue weighted by Crippen LogP contribution is -2.24. The van der Waals surface area contributed by atoms with E-state index in [1.54, 1.807) is 24.3 Å². The molecule has 0 aliphatic carbocycles. The van der Waals surface area contributed by atoms with Gasteiger partial charge in [-0.3, -0.25) is 4.79 Å². The lowest BCUT2D eigenvalue weighted by atomic mass is 10.1. The predicted octanol–water partition coefficient (Wildman–Crippen LogP) is 6.67. The van der Waals surface area contributed by atoms with E-state index in [1.165, 1.54) is 31.5 Å². The molecule has 0 fully saturated rings. The number of hydrogen-bond acceptors (Lipinski definition) is 6. The second-order valence-corrected chi connectivity index (χ2v) is 9.22. The first kappa shape index (κ1) is 26.5. The molecule has 0 radical (unpaired) electrons. The fourth-order valence-electron chi connectivity index (χ4n) is 3.31. The SMILES string of the molecule is COc1cc(/C=N/NC(=O)COc2ccc3ccccc3c2Br)ccc1OC(=O)c1ccc(Cl)c(Cl)c1. The van der Waals surface area contributed by atoms with Crippen LogP contribution in [0.25, 0.3) is 10.8 Å². The van der Waals surface area contributed by atoms with Crippen LogP contribution in [0.5, 0.6) is 17.2 Å². The van der Waals surface area contributed by atoms with Crippen LogP contribution in [0, 0.1) is 0 Å². The average Bonchev–Trinajstić information content (AvgIpc) is 2.90. The molecule has 0 atom stereocenters. The number of rotatable bonds is 8. The topological polar surface area (TPSA) is 86.2 Å². The Morgan fingerprint density at radius 3 is 2.51 bits per heavy atom. The van der Waals surface area contributed by atoms with Crippen molar-refractivity contribution < 1.29 is 23.8 Å². The van der Waals surface area contributed by atoms with Crippen LogP contribution in [0.15, 0.2) is 82.4 Å². The number of carbonyl (C=O) groups excluding carboxylic acids is 2. The number of carbonyl (C=O) groups is 2. The molecule has 1 amide bonds. The number of hydrazone groups is 1. The molecule has 37 heavy (non-hydrogen) atoms. The zero-order chi connectivity index (χ0) is 26.4. The lowest BCUT2D eigenvalue weighted by Gasteiger charge is -2.10. The third kappa shape index (κ3) is 6.60. The number of esters is 1. The molecule has 4 aromatic carbocycles. The first-order valence-corrected chi connectivity index (χ1v) is 12.4. The van der Waals surface area contributed by atoms with E-state index in [2.05, 4.69) is 26.5 Å².